The van der Waals surface area contributed by atoms with Crippen molar-refractivity contribution in [2.75, 3.05) is 0 Å². The zero-order chi connectivity index (χ0) is 13.1. The molecule has 6 rings (SSSR count). The topological polar surface area (TPSA) is 0 Å². The molecule has 4 bridgehead atoms. The molecule has 0 amide bonds. The minimum Gasteiger partial charge on any atom is -0.0588 e. The van der Waals surface area contributed by atoms with Gasteiger partial charge in [0.2, 0.25) is 0 Å². The van der Waals surface area contributed by atoms with Gasteiger partial charge in [0, 0.05) is 4.47 Å². The van der Waals surface area contributed by atoms with Gasteiger partial charge in [0.1, 0.15) is 0 Å². The zero-order valence-electron chi connectivity index (χ0n) is 11.2. The lowest BCUT2D eigenvalue weighted by Crippen LogP contribution is -1.96. The van der Waals surface area contributed by atoms with Crippen molar-refractivity contribution in [1.29, 1.82) is 0 Å². The molecule has 19 heavy (non-hydrogen) atoms. The van der Waals surface area contributed by atoms with Crippen LogP contribution in [0.3, 0.4) is 0 Å². The van der Waals surface area contributed by atoms with Crippen LogP contribution in [0.1, 0.15) is 35.1 Å². The Morgan fingerprint density at radius 3 is 1.95 bits per heavy atom. The number of halogens is 1. The Hall–Kier alpha value is -1.08. The molecular formula is C18H19Br. The maximum Gasteiger partial charge on any atom is 0.0210 e. The molecule has 4 aliphatic rings. The third-order valence-electron chi connectivity index (χ3n) is 4.00. The van der Waals surface area contributed by atoms with Gasteiger partial charge in [-0.1, -0.05) is 52.3 Å². The molecule has 0 spiro atoms. The highest BCUT2D eigenvalue weighted by molar-refractivity contribution is 9.10. The van der Waals surface area contributed by atoms with E-state index in [0.717, 1.165) is 12.8 Å². The van der Waals surface area contributed by atoms with E-state index < -0.39 is 0 Å². The van der Waals surface area contributed by atoms with E-state index in [4.69, 9.17) is 0 Å². The molecule has 0 radical (unpaired) electrons. The number of benzene rings is 2. The third-order valence-corrected chi connectivity index (χ3v) is 4.74. The van der Waals surface area contributed by atoms with Crippen molar-refractivity contribution < 1.29 is 0 Å². The molecule has 98 valence electrons. The van der Waals surface area contributed by atoms with Crippen molar-refractivity contribution in [3.05, 3.63) is 69.2 Å². The summed E-state index contributed by atoms with van der Waals surface area (Å²) in [6.45, 7) is 0. The largest absolute Gasteiger partial charge is 0.0588 e. The van der Waals surface area contributed by atoms with Gasteiger partial charge in [-0.05, 0) is 66.8 Å². The molecule has 0 atom stereocenters. The normalized spacial score (nSPS) is 15.4. The standard InChI is InChI=1S/C18H19Br/c19-18-13-16-10-9-15-7-5-14(6-8-15)3-1-2-4-17(18)12-11-16/h5-8,11-13H,1-4,9-10H2. The van der Waals surface area contributed by atoms with Crippen molar-refractivity contribution in [3.63, 3.8) is 0 Å². The van der Waals surface area contributed by atoms with Gasteiger partial charge in [0.15, 0.2) is 0 Å². The predicted octanol–water partition coefficient (Wildman–Crippen LogP) is 5.11. The van der Waals surface area contributed by atoms with E-state index in [1.165, 1.54) is 52.4 Å². The van der Waals surface area contributed by atoms with Gasteiger partial charge in [-0.15, -0.1) is 0 Å². The summed E-state index contributed by atoms with van der Waals surface area (Å²) in [7, 11) is 0. The van der Waals surface area contributed by atoms with E-state index in [2.05, 4.69) is 58.4 Å². The molecule has 0 aromatic heterocycles. The van der Waals surface area contributed by atoms with Gasteiger partial charge in [-0.25, -0.2) is 0 Å². The van der Waals surface area contributed by atoms with Crippen LogP contribution in [0.4, 0.5) is 0 Å². The number of hydrogen-bond acceptors (Lipinski definition) is 0. The number of rotatable bonds is 0. The Morgan fingerprint density at radius 2 is 1.21 bits per heavy atom. The maximum atomic E-state index is 3.72. The average molecular weight is 315 g/mol. The lowest BCUT2D eigenvalue weighted by molar-refractivity contribution is 0.731. The fraction of sp³-hybridized carbons (Fsp3) is 0.333. The Labute approximate surface area is 124 Å². The Balaban J connectivity index is 1.88. The molecule has 0 nitrogen and oxygen atoms in total. The summed E-state index contributed by atoms with van der Waals surface area (Å²) in [5.74, 6) is 0. The Morgan fingerprint density at radius 1 is 0.632 bits per heavy atom. The number of aryl methyl sites for hydroxylation is 4. The van der Waals surface area contributed by atoms with E-state index in [-0.39, 0.29) is 0 Å². The predicted molar refractivity (Wildman–Crippen MR) is 84.6 cm³/mol. The maximum absolute atomic E-state index is 3.72. The SMILES string of the molecule is Brc1cc2ccc1CCCCc1ccc(cc1)CC2. The van der Waals surface area contributed by atoms with E-state index in [1.54, 1.807) is 0 Å². The molecule has 0 aliphatic heterocycles. The van der Waals surface area contributed by atoms with Crippen molar-refractivity contribution in [2.24, 2.45) is 0 Å². The second kappa shape index (κ2) is 5.92. The van der Waals surface area contributed by atoms with Crippen LogP contribution in [0.15, 0.2) is 46.9 Å². The highest BCUT2D eigenvalue weighted by Crippen LogP contribution is 2.22. The monoisotopic (exact) mass is 314 g/mol. The van der Waals surface area contributed by atoms with Crippen LogP contribution >= 0.6 is 15.9 Å². The van der Waals surface area contributed by atoms with Crippen molar-refractivity contribution >= 4 is 15.9 Å². The molecule has 0 heterocycles. The summed E-state index contributed by atoms with van der Waals surface area (Å²) in [6, 6.07) is 16.1. The highest BCUT2D eigenvalue weighted by atomic mass is 79.9. The van der Waals surface area contributed by atoms with Crippen LogP contribution in [0.5, 0.6) is 0 Å². The molecule has 0 saturated carbocycles. The molecule has 0 unspecified atom stereocenters. The highest BCUT2D eigenvalue weighted by Gasteiger charge is 2.04. The summed E-state index contributed by atoms with van der Waals surface area (Å²) in [5.41, 5.74) is 5.81. The van der Waals surface area contributed by atoms with Crippen LogP contribution in [0.2, 0.25) is 0 Å². The quantitative estimate of drug-likeness (QED) is 0.633. The smallest absolute Gasteiger partial charge is 0.0210 e. The summed E-state index contributed by atoms with van der Waals surface area (Å²) < 4.78 is 1.29. The molecule has 2 aromatic carbocycles. The van der Waals surface area contributed by atoms with Gasteiger partial charge in [-0.3, -0.25) is 0 Å². The molecule has 0 fully saturated rings. The van der Waals surface area contributed by atoms with Crippen LogP contribution in [0.25, 0.3) is 0 Å². The number of hydrogen-bond donors (Lipinski definition) is 0. The van der Waals surface area contributed by atoms with Gasteiger partial charge in [-0.2, -0.15) is 0 Å². The van der Waals surface area contributed by atoms with Crippen LogP contribution < -0.4 is 0 Å². The summed E-state index contributed by atoms with van der Waals surface area (Å²) in [6.07, 6.45) is 7.17. The first-order valence-corrected chi connectivity index (χ1v) is 7.96. The first-order chi connectivity index (χ1) is 9.31. The second-order valence-corrected chi connectivity index (χ2v) is 6.30. The fourth-order valence-electron chi connectivity index (χ4n) is 2.75. The summed E-state index contributed by atoms with van der Waals surface area (Å²) >= 11 is 3.72. The summed E-state index contributed by atoms with van der Waals surface area (Å²) in [5, 5.41) is 0. The average Bonchev–Trinajstić information content (AvgIpc) is 2.44. The van der Waals surface area contributed by atoms with Gasteiger partial charge >= 0.3 is 0 Å². The Kier molecular flexibility index (Phi) is 4.03. The van der Waals surface area contributed by atoms with E-state index in [0.29, 0.717) is 0 Å². The fourth-order valence-corrected chi connectivity index (χ4v) is 3.38. The van der Waals surface area contributed by atoms with Crippen LogP contribution in [-0.4, -0.2) is 0 Å². The van der Waals surface area contributed by atoms with Crippen LogP contribution in [0, 0.1) is 0 Å². The molecule has 1 heteroatoms. The van der Waals surface area contributed by atoms with Crippen molar-refractivity contribution in [2.45, 2.75) is 38.5 Å². The molecule has 4 aliphatic carbocycles. The second-order valence-electron chi connectivity index (χ2n) is 5.45. The molecule has 2 aromatic rings. The van der Waals surface area contributed by atoms with E-state index >= 15 is 0 Å². The lowest BCUT2D eigenvalue weighted by atomic mass is 9.97. The zero-order valence-corrected chi connectivity index (χ0v) is 12.7. The molecule has 0 saturated heterocycles. The van der Waals surface area contributed by atoms with E-state index in [9.17, 15) is 0 Å². The lowest BCUT2D eigenvalue weighted by Gasteiger charge is -2.10. The Bertz CT molecular complexity index is 554. The van der Waals surface area contributed by atoms with Crippen molar-refractivity contribution in [1.82, 2.24) is 0 Å². The van der Waals surface area contributed by atoms with Gasteiger partial charge in [0.05, 0.1) is 0 Å². The molecular weight excluding hydrogens is 296 g/mol. The first-order valence-electron chi connectivity index (χ1n) is 7.16. The first kappa shape index (κ1) is 12.9. The summed E-state index contributed by atoms with van der Waals surface area (Å²) in [4.78, 5) is 0. The van der Waals surface area contributed by atoms with Crippen LogP contribution in [-0.2, 0) is 25.7 Å². The van der Waals surface area contributed by atoms with Crippen molar-refractivity contribution in [3.8, 4) is 0 Å². The minimum atomic E-state index is 1.12. The minimum absolute atomic E-state index is 1.12. The van der Waals surface area contributed by atoms with Gasteiger partial charge < -0.3 is 0 Å². The van der Waals surface area contributed by atoms with E-state index in [1.807, 2.05) is 0 Å². The molecule has 0 N–H and O–H groups in total. The third kappa shape index (κ3) is 3.27. The van der Waals surface area contributed by atoms with Gasteiger partial charge in [0.25, 0.3) is 0 Å².